The van der Waals surface area contributed by atoms with Crippen molar-refractivity contribution in [2.24, 2.45) is 0 Å². The Morgan fingerprint density at radius 1 is 1.44 bits per heavy atom. The summed E-state index contributed by atoms with van der Waals surface area (Å²) in [5.41, 5.74) is 0. The Morgan fingerprint density at radius 3 is 2.81 bits per heavy atom. The molecule has 2 nitrogen and oxygen atoms in total. The minimum atomic E-state index is -0.174. The number of thioether (sulfide) groups is 1. The van der Waals surface area contributed by atoms with Gasteiger partial charge in [0.1, 0.15) is 5.82 Å². The van der Waals surface area contributed by atoms with E-state index < -0.39 is 0 Å². The maximum atomic E-state index is 13.3. The van der Waals surface area contributed by atoms with Crippen LogP contribution in [-0.2, 0) is 0 Å². The van der Waals surface area contributed by atoms with Crippen LogP contribution in [0.4, 0.5) is 4.39 Å². The maximum absolute atomic E-state index is 13.3. The molecule has 1 rings (SSSR count). The van der Waals surface area contributed by atoms with Gasteiger partial charge < -0.3 is 10.4 Å². The van der Waals surface area contributed by atoms with Gasteiger partial charge in [-0.1, -0.05) is 19.1 Å². The van der Waals surface area contributed by atoms with E-state index in [4.69, 9.17) is 5.11 Å². The molecule has 0 aliphatic rings. The van der Waals surface area contributed by atoms with Gasteiger partial charge in [0.15, 0.2) is 0 Å². The Morgan fingerprint density at radius 2 is 2.19 bits per heavy atom. The summed E-state index contributed by atoms with van der Waals surface area (Å²) in [5, 5.41) is 12.2. The summed E-state index contributed by atoms with van der Waals surface area (Å²) in [6.07, 6.45) is 0.704. The van der Waals surface area contributed by atoms with Gasteiger partial charge in [-0.05, 0) is 25.1 Å². The van der Waals surface area contributed by atoms with Gasteiger partial charge in [0.25, 0.3) is 0 Å². The first-order chi connectivity index (χ1) is 7.77. The SMILES string of the molecule is CCNC(CCO)CSc1ccccc1F. The van der Waals surface area contributed by atoms with Crippen LogP contribution in [0, 0.1) is 5.82 Å². The van der Waals surface area contributed by atoms with Gasteiger partial charge in [0.05, 0.1) is 0 Å². The number of hydrogen-bond acceptors (Lipinski definition) is 3. The average molecular weight is 243 g/mol. The van der Waals surface area contributed by atoms with Crippen LogP contribution >= 0.6 is 11.8 Å². The van der Waals surface area contributed by atoms with E-state index in [1.165, 1.54) is 17.8 Å². The molecular weight excluding hydrogens is 225 g/mol. The van der Waals surface area contributed by atoms with Gasteiger partial charge >= 0.3 is 0 Å². The van der Waals surface area contributed by atoms with E-state index in [9.17, 15) is 4.39 Å². The molecule has 90 valence electrons. The zero-order valence-corrected chi connectivity index (χ0v) is 10.3. The molecule has 1 atom stereocenters. The Labute approximate surface area is 100 Å². The molecule has 1 aromatic carbocycles. The highest BCUT2D eigenvalue weighted by Gasteiger charge is 2.08. The van der Waals surface area contributed by atoms with Crippen molar-refractivity contribution >= 4 is 11.8 Å². The smallest absolute Gasteiger partial charge is 0.136 e. The zero-order valence-electron chi connectivity index (χ0n) is 9.45. The molecule has 0 spiro atoms. The molecule has 0 aliphatic carbocycles. The lowest BCUT2D eigenvalue weighted by atomic mass is 10.2. The standard InChI is InChI=1S/C12H18FNOS/c1-2-14-10(7-8-15)9-16-12-6-4-3-5-11(12)13/h3-6,10,14-15H,2,7-9H2,1H3. The number of halogens is 1. The van der Waals surface area contributed by atoms with E-state index in [-0.39, 0.29) is 18.5 Å². The predicted octanol–water partition coefficient (Wildman–Crippen LogP) is 2.28. The summed E-state index contributed by atoms with van der Waals surface area (Å²) in [6.45, 7) is 3.05. The lowest BCUT2D eigenvalue weighted by molar-refractivity contribution is 0.271. The molecule has 16 heavy (non-hydrogen) atoms. The molecule has 0 bridgehead atoms. The van der Waals surface area contributed by atoms with E-state index in [0.29, 0.717) is 11.3 Å². The Kier molecular flexibility index (Phi) is 6.45. The summed E-state index contributed by atoms with van der Waals surface area (Å²) < 4.78 is 13.3. The van der Waals surface area contributed by atoms with E-state index in [1.807, 2.05) is 13.0 Å². The fourth-order valence-electron chi connectivity index (χ4n) is 1.44. The topological polar surface area (TPSA) is 32.3 Å². The van der Waals surface area contributed by atoms with E-state index in [1.54, 1.807) is 12.1 Å². The summed E-state index contributed by atoms with van der Waals surface area (Å²) in [4.78, 5) is 0.670. The predicted molar refractivity (Wildman–Crippen MR) is 66.3 cm³/mol. The minimum absolute atomic E-state index is 0.162. The Hall–Kier alpha value is -0.580. The van der Waals surface area contributed by atoms with Crippen molar-refractivity contribution in [3.05, 3.63) is 30.1 Å². The number of aliphatic hydroxyl groups excluding tert-OH is 1. The monoisotopic (exact) mass is 243 g/mol. The molecule has 0 heterocycles. The molecule has 0 amide bonds. The van der Waals surface area contributed by atoms with Crippen LogP contribution in [0.15, 0.2) is 29.2 Å². The van der Waals surface area contributed by atoms with E-state index >= 15 is 0 Å². The van der Waals surface area contributed by atoms with Crippen molar-refractivity contribution in [1.82, 2.24) is 5.32 Å². The summed E-state index contributed by atoms with van der Waals surface area (Å²) in [5.74, 6) is 0.599. The molecule has 0 aliphatic heterocycles. The molecule has 0 fully saturated rings. The second kappa shape index (κ2) is 7.65. The molecular formula is C12H18FNOS. The van der Waals surface area contributed by atoms with Gasteiger partial charge in [-0.2, -0.15) is 0 Å². The van der Waals surface area contributed by atoms with Crippen LogP contribution in [-0.4, -0.2) is 30.1 Å². The first kappa shape index (κ1) is 13.5. The second-order valence-electron chi connectivity index (χ2n) is 3.51. The highest BCUT2D eigenvalue weighted by atomic mass is 32.2. The van der Waals surface area contributed by atoms with Gasteiger partial charge in [-0.15, -0.1) is 11.8 Å². The van der Waals surface area contributed by atoms with Crippen LogP contribution in [0.1, 0.15) is 13.3 Å². The lowest BCUT2D eigenvalue weighted by Crippen LogP contribution is -2.32. The van der Waals surface area contributed by atoms with Crippen molar-refractivity contribution in [3.8, 4) is 0 Å². The van der Waals surface area contributed by atoms with Gasteiger partial charge in [-0.25, -0.2) is 4.39 Å². The molecule has 0 saturated heterocycles. The molecule has 1 unspecified atom stereocenters. The average Bonchev–Trinajstić information content (AvgIpc) is 2.28. The van der Waals surface area contributed by atoms with Crippen molar-refractivity contribution in [1.29, 1.82) is 0 Å². The number of aliphatic hydroxyl groups is 1. The number of nitrogens with one attached hydrogen (secondary N) is 1. The lowest BCUT2D eigenvalue weighted by Gasteiger charge is -2.16. The van der Waals surface area contributed by atoms with E-state index in [2.05, 4.69) is 5.32 Å². The third-order valence-electron chi connectivity index (χ3n) is 2.25. The van der Waals surface area contributed by atoms with Crippen LogP contribution in [0.2, 0.25) is 0 Å². The van der Waals surface area contributed by atoms with Crippen molar-refractivity contribution in [3.63, 3.8) is 0 Å². The Balaban J connectivity index is 2.45. The summed E-state index contributed by atoms with van der Waals surface area (Å²) in [6, 6.07) is 7.01. The molecule has 0 radical (unpaired) electrons. The van der Waals surface area contributed by atoms with Gasteiger partial charge in [0.2, 0.25) is 0 Å². The van der Waals surface area contributed by atoms with Crippen LogP contribution < -0.4 is 5.32 Å². The van der Waals surface area contributed by atoms with Crippen molar-refractivity contribution in [2.45, 2.75) is 24.3 Å². The molecule has 2 N–H and O–H groups in total. The third-order valence-corrected chi connectivity index (χ3v) is 3.46. The summed E-state index contributed by atoms with van der Waals surface area (Å²) >= 11 is 1.49. The first-order valence-electron chi connectivity index (χ1n) is 5.49. The third kappa shape index (κ3) is 4.51. The fraction of sp³-hybridized carbons (Fsp3) is 0.500. The van der Waals surface area contributed by atoms with Crippen LogP contribution in [0.5, 0.6) is 0 Å². The fourth-order valence-corrected chi connectivity index (χ4v) is 2.49. The van der Waals surface area contributed by atoms with E-state index in [0.717, 1.165) is 12.3 Å². The first-order valence-corrected chi connectivity index (χ1v) is 6.48. The summed E-state index contributed by atoms with van der Waals surface area (Å²) in [7, 11) is 0. The quantitative estimate of drug-likeness (QED) is 0.721. The largest absolute Gasteiger partial charge is 0.396 e. The molecule has 0 saturated carbocycles. The number of hydrogen-bond donors (Lipinski definition) is 2. The number of benzene rings is 1. The van der Waals surface area contributed by atoms with Crippen LogP contribution in [0.3, 0.4) is 0 Å². The van der Waals surface area contributed by atoms with Crippen molar-refractivity contribution in [2.75, 3.05) is 18.9 Å². The Bertz CT molecular complexity index is 303. The minimum Gasteiger partial charge on any atom is -0.396 e. The van der Waals surface area contributed by atoms with Crippen LogP contribution in [0.25, 0.3) is 0 Å². The highest BCUT2D eigenvalue weighted by Crippen LogP contribution is 2.22. The molecule has 1 aromatic rings. The second-order valence-corrected chi connectivity index (χ2v) is 4.57. The van der Waals surface area contributed by atoms with Crippen molar-refractivity contribution < 1.29 is 9.50 Å². The highest BCUT2D eigenvalue weighted by molar-refractivity contribution is 7.99. The maximum Gasteiger partial charge on any atom is 0.136 e. The number of rotatable bonds is 7. The zero-order chi connectivity index (χ0) is 11.8. The van der Waals surface area contributed by atoms with Gasteiger partial charge in [0, 0.05) is 23.3 Å². The normalized spacial score (nSPS) is 12.7. The molecule has 0 aromatic heterocycles. The van der Waals surface area contributed by atoms with Gasteiger partial charge in [-0.3, -0.25) is 0 Å². The molecule has 4 heteroatoms.